The number of nitrogens with one attached hydrogen (secondary N) is 1. The van der Waals surface area contributed by atoms with E-state index >= 15 is 0 Å². The standard InChI is InChI=1S/C15H22N2O/c16-12-4-5-13-11(9-12)3-6-14(13)17-10-15(18)7-1-2-8-15/h4-5,9,14,17-18H,1-3,6-8,10,16H2. The molecular weight excluding hydrogens is 224 g/mol. The van der Waals surface area contributed by atoms with Gasteiger partial charge < -0.3 is 16.2 Å². The van der Waals surface area contributed by atoms with E-state index in [9.17, 15) is 5.11 Å². The minimum Gasteiger partial charge on any atom is -0.399 e. The lowest BCUT2D eigenvalue weighted by atomic mass is 10.0. The first-order valence-electron chi connectivity index (χ1n) is 7.00. The maximum absolute atomic E-state index is 10.4. The summed E-state index contributed by atoms with van der Waals surface area (Å²) in [5.41, 5.74) is 8.93. The van der Waals surface area contributed by atoms with E-state index in [2.05, 4.69) is 17.4 Å². The van der Waals surface area contributed by atoms with Gasteiger partial charge in [0, 0.05) is 18.3 Å². The van der Waals surface area contributed by atoms with Crippen molar-refractivity contribution in [3.8, 4) is 0 Å². The quantitative estimate of drug-likeness (QED) is 0.716. The Bertz CT molecular complexity index is 438. The molecule has 2 aliphatic carbocycles. The third-order valence-corrected chi connectivity index (χ3v) is 4.46. The molecule has 0 amide bonds. The number of fused-ring (bicyclic) bond motifs is 1. The molecule has 0 heterocycles. The highest BCUT2D eigenvalue weighted by Crippen LogP contribution is 2.34. The molecule has 1 unspecified atom stereocenters. The van der Waals surface area contributed by atoms with Crippen LogP contribution < -0.4 is 11.1 Å². The number of benzene rings is 1. The van der Waals surface area contributed by atoms with Crippen LogP contribution in [-0.4, -0.2) is 17.3 Å². The molecular formula is C15H22N2O. The van der Waals surface area contributed by atoms with Gasteiger partial charge in [-0.15, -0.1) is 0 Å². The van der Waals surface area contributed by atoms with Gasteiger partial charge in [0.05, 0.1) is 5.60 Å². The summed E-state index contributed by atoms with van der Waals surface area (Å²) in [6.07, 6.45) is 6.43. The van der Waals surface area contributed by atoms with Gasteiger partial charge in [0.25, 0.3) is 0 Å². The van der Waals surface area contributed by atoms with Crippen molar-refractivity contribution in [1.82, 2.24) is 5.32 Å². The predicted octanol–water partition coefficient (Wildman–Crippen LogP) is 2.15. The fourth-order valence-corrected chi connectivity index (χ4v) is 3.37. The zero-order chi connectivity index (χ0) is 12.6. The zero-order valence-corrected chi connectivity index (χ0v) is 10.8. The molecule has 4 N–H and O–H groups in total. The molecule has 3 heteroatoms. The fourth-order valence-electron chi connectivity index (χ4n) is 3.37. The molecule has 1 saturated carbocycles. The van der Waals surface area contributed by atoms with Crippen LogP contribution in [0, 0.1) is 0 Å². The Morgan fingerprint density at radius 1 is 1.33 bits per heavy atom. The van der Waals surface area contributed by atoms with Crippen LogP contribution in [0.5, 0.6) is 0 Å². The van der Waals surface area contributed by atoms with Crippen LogP contribution in [0.4, 0.5) is 5.69 Å². The maximum Gasteiger partial charge on any atom is 0.0771 e. The number of nitrogens with two attached hydrogens (primary N) is 1. The van der Waals surface area contributed by atoms with Crippen molar-refractivity contribution >= 4 is 5.69 Å². The van der Waals surface area contributed by atoms with Crippen molar-refractivity contribution in [1.29, 1.82) is 0 Å². The Balaban J connectivity index is 1.66. The van der Waals surface area contributed by atoms with Crippen molar-refractivity contribution in [2.75, 3.05) is 12.3 Å². The Kier molecular flexibility index (Phi) is 3.04. The van der Waals surface area contributed by atoms with E-state index in [1.54, 1.807) is 0 Å². The monoisotopic (exact) mass is 246 g/mol. The summed E-state index contributed by atoms with van der Waals surface area (Å²) in [7, 11) is 0. The van der Waals surface area contributed by atoms with Gasteiger partial charge in [0.1, 0.15) is 0 Å². The second kappa shape index (κ2) is 4.56. The average molecular weight is 246 g/mol. The molecule has 0 radical (unpaired) electrons. The van der Waals surface area contributed by atoms with Crippen LogP contribution in [0.3, 0.4) is 0 Å². The number of rotatable bonds is 3. The van der Waals surface area contributed by atoms with Crippen molar-refractivity contribution in [3.05, 3.63) is 29.3 Å². The highest BCUT2D eigenvalue weighted by Gasteiger charge is 2.32. The number of hydrogen-bond donors (Lipinski definition) is 3. The van der Waals surface area contributed by atoms with E-state index in [0.29, 0.717) is 6.04 Å². The molecule has 0 spiro atoms. The van der Waals surface area contributed by atoms with Crippen LogP contribution >= 0.6 is 0 Å². The Morgan fingerprint density at radius 3 is 2.89 bits per heavy atom. The molecule has 1 aromatic carbocycles. The second-order valence-electron chi connectivity index (χ2n) is 5.86. The van der Waals surface area contributed by atoms with E-state index in [0.717, 1.165) is 50.8 Å². The van der Waals surface area contributed by atoms with Crippen LogP contribution in [-0.2, 0) is 6.42 Å². The topological polar surface area (TPSA) is 58.3 Å². The van der Waals surface area contributed by atoms with E-state index in [4.69, 9.17) is 5.73 Å². The van der Waals surface area contributed by atoms with E-state index in [-0.39, 0.29) is 0 Å². The smallest absolute Gasteiger partial charge is 0.0771 e. The second-order valence-corrected chi connectivity index (χ2v) is 5.86. The van der Waals surface area contributed by atoms with E-state index < -0.39 is 5.60 Å². The summed E-state index contributed by atoms with van der Waals surface area (Å²) < 4.78 is 0. The average Bonchev–Trinajstić information content (AvgIpc) is 2.93. The molecule has 0 aliphatic heterocycles. The Labute approximate surface area is 108 Å². The van der Waals surface area contributed by atoms with Crippen LogP contribution in [0.1, 0.15) is 49.3 Å². The largest absolute Gasteiger partial charge is 0.399 e. The third-order valence-electron chi connectivity index (χ3n) is 4.46. The van der Waals surface area contributed by atoms with Gasteiger partial charge in [-0.2, -0.15) is 0 Å². The number of anilines is 1. The van der Waals surface area contributed by atoms with Crippen molar-refractivity contribution < 1.29 is 5.11 Å². The molecule has 18 heavy (non-hydrogen) atoms. The summed E-state index contributed by atoms with van der Waals surface area (Å²) in [5, 5.41) is 13.9. The Hall–Kier alpha value is -1.06. The number of nitrogen functional groups attached to an aromatic ring is 1. The lowest BCUT2D eigenvalue weighted by molar-refractivity contribution is 0.0448. The van der Waals surface area contributed by atoms with E-state index in [1.807, 2.05) is 6.07 Å². The summed E-state index contributed by atoms with van der Waals surface area (Å²) in [6.45, 7) is 0.724. The molecule has 1 aromatic rings. The first-order chi connectivity index (χ1) is 8.66. The molecule has 0 bridgehead atoms. The van der Waals surface area contributed by atoms with Gasteiger partial charge in [-0.25, -0.2) is 0 Å². The number of aryl methyl sites for hydroxylation is 1. The first kappa shape index (κ1) is 12.0. The van der Waals surface area contributed by atoms with Gasteiger partial charge >= 0.3 is 0 Å². The van der Waals surface area contributed by atoms with E-state index in [1.165, 1.54) is 11.1 Å². The highest BCUT2D eigenvalue weighted by atomic mass is 16.3. The molecule has 98 valence electrons. The molecule has 1 fully saturated rings. The molecule has 0 saturated heterocycles. The lowest BCUT2D eigenvalue weighted by Gasteiger charge is -2.25. The van der Waals surface area contributed by atoms with Crippen LogP contribution in [0.15, 0.2) is 18.2 Å². The highest BCUT2D eigenvalue weighted by molar-refractivity contribution is 5.47. The van der Waals surface area contributed by atoms with Crippen LogP contribution in [0.2, 0.25) is 0 Å². The molecule has 2 aliphatic rings. The zero-order valence-electron chi connectivity index (χ0n) is 10.8. The van der Waals surface area contributed by atoms with Gasteiger partial charge in [0.15, 0.2) is 0 Å². The van der Waals surface area contributed by atoms with Gasteiger partial charge in [-0.1, -0.05) is 18.9 Å². The SMILES string of the molecule is Nc1ccc2c(c1)CCC2NCC1(O)CCCC1. The molecule has 1 atom stereocenters. The first-order valence-corrected chi connectivity index (χ1v) is 7.00. The number of aliphatic hydroxyl groups is 1. The Morgan fingerprint density at radius 2 is 2.11 bits per heavy atom. The third kappa shape index (κ3) is 2.25. The molecule has 3 nitrogen and oxygen atoms in total. The van der Waals surface area contributed by atoms with Gasteiger partial charge in [-0.05, 0) is 48.9 Å². The molecule has 0 aromatic heterocycles. The minimum atomic E-state index is -0.462. The predicted molar refractivity (Wildman–Crippen MR) is 73.3 cm³/mol. The molecule has 3 rings (SSSR count). The van der Waals surface area contributed by atoms with Gasteiger partial charge in [-0.3, -0.25) is 0 Å². The lowest BCUT2D eigenvalue weighted by Crippen LogP contribution is -2.39. The summed E-state index contributed by atoms with van der Waals surface area (Å²) in [6, 6.07) is 6.59. The van der Waals surface area contributed by atoms with Gasteiger partial charge in [0.2, 0.25) is 0 Å². The maximum atomic E-state index is 10.4. The van der Waals surface area contributed by atoms with Crippen molar-refractivity contribution in [2.24, 2.45) is 0 Å². The fraction of sp³-hybridized carbons (Fsp3) is 0.600. The minimum absolute atomic E-state index is 0.394. The number of hydrogen-bond acceptors (Lipinski definition) is 3. The summed E-state index contributed by atoms with van der Waals surface area (Å²) >= 11 is 0. The summed E-state index contributed by atoms with van der Waals surface area (Å²) in [4.78, 5) is 0. The van der Waals surface area contributed by atoms with Crippen molar-refractivity contribution in [2.45, 2.75) is 50.2 Å². The normalized spacial score (nSPS) is 25.3. The van der Waals surface area contributed by atoms with Crippen molar-refractivity contribution in [3.63, 3.8) is 0 Å². The van der Waals surface area contributed by atoms with Crippen LogP contribution in [0.25, 0.3) is 0 Å². The summed E-state index contributed by atoms with van der Waals surface area (Å²) in [5.74, 6) is 0.